The van der Waals surface area contributed by atoms with Crippen LogP contribution < -0.4 is 10.5 Å². The van der Waals surface area contributed by atoms with Gasteiger partial charge in [-0.3, -0.25) is 4.90 Å². The van der Waals surface area contributed by atoms with Crippen molar-refractivity contribution in [1.82, 2.24) is 4.90 Å². The third-order valence-corrected chi connectivity index (χ3v) is 4.39. The minimum atomic E-state index is 0.200. The average Bonchev–Trinajstić information content (AvgIpc) is 2.47. The molecule has 3 nitrogen and oxygen atoms in total. The van der Waals surface area contributed by atoms with Gasteiger partial charge in [-0.2, -0.15) is 0 Å². The summed E-state index contributed by atoms with van der Waals surface area (Å²) in [7, 11) is 3.89. The molecular formula is C17H22N2O. The third-order valence-electron chi connectivity index (χ3n) is 4.39. The van der Waals surface area contributed by atoms with Crippen molar-refractivity contribution in [1.29, 1.82) is 0 Å². The summed E-state index contributed by atoms with van der Waals surface area (Å²) in [4.78, 5) is 2.38. The van der Waals surface area contributed by atoms with Crippen LogP contribution in [0.1, 0.15) is 24.4 Å². The summed E-state index contributed by atoms with van der Waals surface area (Å²) in [6, 6.07) is 13.2. The number of likely N-dealkylation sites (tertiary alicyclic amines) is 1. The number of nitrogens with zero attached hydrogens (tertiary/aromatic N) is 1. The van der Waals surface area contributed by atoms with E-state index in [0.717, 1.165) is 18.7 Å². The van der Waals surface area contributed by atoms with E-state index in [-0.39, 0.29) is 6.04 Å². The van der Waals surface area contributed by atoms with Gasteiger partial charge in [-0.25, -0.2) is 0 Å². The van der Waals surface area contributed by atoms with Crippen LogP contribution in [-0.4, -0.2) is 31.6 Å². The summed E-state index contributed by atoms with van der Waals surface area (Å²) in [5.41, 5.74) is 7.71. The molecule has 1 aliphatic rings. The summed E-state index contributed by atoms with van der Waals surface area (Å²) in [5.74, 6) is 0.927. The number of fused-ring (bicyclic) bond motifs is 1. The van der Waals surface area contributed by atoms with Crippen LogP contribution in [0.15, 0.2) is 36.4 Å². The van der Waals surface area contributed by atoms with Crippen LogP contribution in [0.4, 0.5) is 0 Å². The number of benzene rings is 2. The molecule has 2 N–H and O–H groups in total. The molecule has 0 amide bonds. The second-order valence-electron chi connectivity index (χ2n) is 5.63. The fourth-order valence-corrected chi connectivity index (χ4v) is 3.40. The Morgan fingerprint density at radius 1 is 1.15 bits per heavy atom. The number of methoxy groups -OCH3 is 1. The predicted octanol–water partition coefficient (Wildman–Crippen LogP) is 2.94. The SMILES string of the molecule is COc1ccc(C2C(N)CCCN2C)c2ccccc12. The van der Waals surface area contributed by atoms with Gasteiger partial charge in [0.15, 0.2) is 0 Å². The molecule has 20 heavy (non-hydrogen) atoms. The molecule has 0 radical (unpaired) electrons. The normalized spacial score (nSPS) is 23.9. The maximum atomic E-state index is 6.39. The van der Waals surface area contributed by atoms with Gasteiger partial charge in [-0.1, -0.05) is 30.3 Å². The van der Waals surface area contributed by atoms with Gasteiger partial charge < -0.3 is 10.5 Å². The van der Waals surface area contributed by atoms with Crippen LogP contribution in [0.5, 0.6) is 5.75 Å². The van der Waals surface area contributed by atoms with Crippen molar-refractivity contribution in [3.8, 4) is 5.75 Å². The van der Waals surface area contributed by atoms with Gasteiger partial charge in [0, 0.05) is 11.4 Å². The van der Waals surface area contributed by atoms with Gasteiger partial charge in [0.05, 0.1) is 13.2 Å². The molecule has 0 bridgehead atoms. The number of likely N-dealkylation sites (N-methyl/N-ethyl adjacent to an activating group) is 1. The second kappa shape index (κ2) is 5.43. The molecule has 106 valence electrons. The van der Waals surface area contributed by atoms with Crippen LogP contribution in [0.3, 0.4) is 0 Å². The molecule has 1 aliphatic heterocycles. The molecule has 2 aromatic carbocycles. The minimum Gasteiger partial charge on any atom is -0.496 e. The molecule has 0 spiro atoms. The maximum absolute atomic E-state index is 6.39. The monoisotopic (exact) mass is 270 g/mol. The Kier molecular flexibility index (Phi) is 3.64. The van der Waals surface area contributed by atoms with Crippen LogP contribution >= 0.6 is 0 Å². The highest BCUT2D eigenvalue weighted by Crippen LogP contribution is 2.36. The fraction of sp³-hybridized carbons (Fsp3) is 0.412. The Bertz CT molecular complexity index is 601. The summed E-state index contributed by atoms with van der Waals surface area (Å²) >= 11 is 0. The molecule has 2 atom stereocenters. The van der Waals surface area contributed by atoms with Crippen molar-refractivity contribution < 1.29 is 4.74 Å². The molecule has 0 saturated carbocycles. The Hall–Kier alpha value is -1.58. The molecule has 0 aliphatic carbocycles. The van der Waals surface area contributed by atoms with E-state index in [2.05, 4.69) is 48.3 Å². The molecule has 0 aromatic heterocycles. The summed E-state index contributed by atoms with van der Waals surface area (Å²) in [5, 5.41) is 2.42. The summed E-state index contributed by atoms with van der Waals surface area (Å²) in [6.07, 6.45) is 2.28. The molecule has 2 unspecified atom stereocenters. The van der Waals surface area contributed by atoms with Crippen LogP contribution in [-0.2, 0) is 0 Å². The summed E-state index contributed by atoms with van der Waals surface area (Å²) < 4.78 is 5.48. The van der Waals surface area contributed by atoms with Crippen LogP contribution in [0.2, 0.25) is 0 Å². The van der Waals surface area contributed by atoms with Gasteiger partial charge in [-0.05, 0) is 43.5 Å². The Morgan fingerprint density at radius 3 is 2.60 bits per heavy atom. The smallest absolute Gasteiger partial charge is 0.126 e. The van der Waals surface area contributed by atoms with Crippen molar-refractivity contribution in [2.24, 2.45) is 5.73 Å². The highest BCUT2D eigenvalue weighted by atomic mass is 16.5. The first-order valence-corrected chi connectivity index (χ1v) is 7.24. The first kappa shape index (κ1) is 13.4. The van der Waals surface area contributed by atoms with Crippen molar-refractivity contribution in [2.45, 2.75) is 24.9 Å². The quantitative estimate of drug-likeness (QED) is 0.912. The van der Waals surface area contributed by atoms with Gasteiger partial charge in [0.25, 0.3) is 0 Å². The van der Waals surface area contributed by atoms with Crippen LogP contribution in [0.25, 0.3) is 10.8 Å². The topological polar surface area (TPSA) is 38.5 Å². The van der Waals surface area contributed by atoms with Crippen LogP contribution in [0, 0.1) is 0 Å². The van der Waals surface area contributed by atoms with E-state index in [1.165, 1.54) is 22.8 Å². The zero-order valence-corrected chi connectivity index (χ0v) is 12.2. The molecule has 1 heterocycles. The molecule has 2 aromatic rings. The second-order valence-corrected chi connectivity index (χ2v) is 5.63. The van der Waals surface area contributed by atoms with Gasteiger partial charge in [0.2, 0.25) is 0 Å². The highest BCUT2D eigenvalue weighted by Gasteiger charge is 2.29. The zero-order valence-electron chi connectivity index (χ0n) is 12.2. The first-order chi connectivity index (χ1) is 9.72. The lowest BCUT2D eigenvalue weighted by Gasteiger charge is -2.38. The van der Waals surface area contributed by atoms with E-state index in [4.69, 9.17) is 10.5 Å². The molecule has 1 saturated heterocycles. The summed E-state index contributed by atoms with van der Waals surface area (Å²) in [6.45, 7) is 1.11. The predicted molar refractivity (Wildman–Crippen MR) is 83.1 cm³/mol. The molecule has 3 rings (SSSR count). The van der Waals surface area contributed by atoms with Gasteiger partial charge in [-0.15, -0.1) is 0 Å². The van der Waals surface area contributed by atoms with Crippen molar-refractivity contribution >= 4 is 10.8 Å². The first-order valence-electron chi connectivity index (χ1n) is 7.24. The van der Waals surface area contributed by atoms with E-state index in [1.54, 1.807) is 7.11 Å². The lowest BCUT2D eigenvalue weighted by atomic mass is 9.88. The molecule has 3 heteroatoms. The lowest BCUT2D eigenvalue weighted by Crippen LogP contribution is -2.43. The lowest BCUT2D eigenvalue weighted by molar-refractivity contribution is 0.164. The van der Waals surface area contributed by atoms with Gasteiger partial charge in [0.1, 0.15) is 5.75 Å². The Labute approximate surface area is 120 Å². The van der Waals surface area contributed by atoms with E-state index in [1.807, 2.05) is 0 Å². The average molecular weight is 270 g/mol. The van der Waals surface area contributed by atoms with Crippen molar-refractivity contribution in [3.05, 3.63) is 42.0 Å². The number of nitrogens with two attached hydrogens (primary N) is 1. The number of hydrogen-bond donors (Lipinski definition) is 1. The molecule has 1 fully saturated rings. The maximum Gasteiger partial charge on any atom is 0.126 e. The van der Waals surface area contributed by atoms with E-state index < -0.39 is 0 Å². The van der Waals surface area contributed by atoms with Gasteiger partial charge >= 0.3 is 0 Å². The van der Waals surface area contributed by atoms with E-state index in [9.17, 15) is 0 Å². The fourth-order valence-electron chi connectivity index (χ4n) is 3.40. The Morgan fingerprint density at radius 2 is 1.90 bits per heavy atom. The third kappa shape index (κ3) is 2.17. The number of hydrogen-bond acceptors (Lipinski definition) is 3. The number of piperidine rings is 1. The number of rotatable bonds is 2. The van der Waals surface area contributed by atoms with E-state index in [0.29, 0.717) is 6.04 Å². The largest absolute Gasteiger partial charge is 0.496 e. The zero-order chi connectivity index (χ0) is 14.1. The van der Waals surface area contributed by atoms with E-state index >= 15 is 0 Å². The molecular weight excluding hydrogens is 248 g/mol. The van der Waals surface area contributed by atoms with Crippen molar-refractivity contribution in [2.75, 3.05) is 20.7 Å². The number of ether oxygens (including phenoxy) is 1. The highest BCUT2D eigenvalue weighted by molar-refractivity contribution is 5.91. The standard InChI is InChI=1S/C17H22N2O/c1-19-11-5-8-15(18)17(19)14-9-10-16(20-2)13-7-4-3-6-12(13)14/h3-4,6-7,9-10,15,17H,5,8,11,18H2,1-2H3. The van der Waals surface area contributed by atoms with Crippen molar-refractivity contribution in [3.63, 3.8) is 0 Å². The Balaban J connectivity index is 2.16. The minimum absolute atomic E-state index is 0.200.